The van der Waals surface area contributed by atoms with Crippen LogP contribution < -0.4 is 15.8 Å². The van der Waals surface area contributed by atoms with Crippen molar-refractivity contribution in [2.24, 2.45) is 5.73 Å². The van der Waals surface area contributed by atoms with Crippen LogP contribution in [-0.2, 0) is 4.79 Å². The lowest BCUT2D eigenvalue weighted by atomic mass is 10.3. The molecule has 6 nitrogen and oxygen atoms in total. The average Bonchev–Trinajstić information content (AvgIpc) is 2.43. The zero-order chi connectivity index (χ0) is 8.55. The highest BCUT2D eigenvalue weighted by Crippen LogP contribution is 2.22. The summed E-state index contributed by atoms with van der Waals surface area (Å²) in [5.41, 5.74) is 5.98. The minimum atomic E-state index is -0.620. The summed E-state index contributed by atoms with van der Waals surface area (Å²) in [6, 6.07) is -0.620. The summed E-state index contributed by atoms with van der Waals surface area (Å²) in [4.78, 5) is 11.1. The van der Waals surface area contributed by atoms with E-state index in [1.165, 1.54) is 6.20 Å². The monoisotopic (exact) mass is 168 g/mol. The standard InChI is InChI=1S/C6H8N4O2/c7-3-2-12-6-4(1-8-10-6)9-5(3)11/h1,3H,2,7H2,(H,8,10)(H,9,11)/t3-/m0/s1. The van der Waals surface area contributed by atoms with Gasteiger partial charge in [-0.15, -0.1) is 0 Å². The molecular weight excluding hydrogens is 160 g/mol. The maximum absolute atomic E-state index is 11.1. The fraction of sp³-hybridized carbons (Fsp3) is 0.333. The van der Waals surface area contributed by atoms with Gasteiger partial charge in [-0.3, -0.25) is 4.79 Å². The van der Waals surface area contributed by atoms with E-state index in [-0.39, 0.29) is 12.5 Å². The van der Waals surface area contributed by atoms with E-state index in [4.69, 9.17) is 10.5 Å². The number of ether oxygens (including phenoxy) is 1. The molecule has 0 fully saturated rings. The van der Waals surface area contributed by atoms with E-state index < -0.39 is 6.04 Å². The Morgan fingerprint density at radius 2 is 2.58 bits per heavy atom. The van der Waals surface area contributed by atoms with E-state index in [0.717, 1.165) is 0 Å². The molecule has 0 aliphatic carbocycles. The van der Waals surface area contributed by atoms with Gasteiger partial charge in [-0.2, -0.15) is 5.10 Å². The van der Waals surface area contributed by atoms with Crippen LogP contribution in [0.4, 0.5) is 5.69 Å². The number of anilines is 1. The quantitative estimate of drug-likeness (QED) is 0.466. The second kappa shape index (κ2) is 2.49. The molecule has 0 saturated carbocycles. The molecular formula is C6H8N4O2. The first-order chi connectivity index (χ1) is 5.77. The molecule has 1 aromatic heterocycles. The van der Waals surface area contributed by atoms with Crippen LogP contribution in [0, 0.1) is 0 Å². The van der Waals surface area contributed by atoms with Gasteiger partial charge < -0.3 is 15.8 Å². The molecule has 0 bridgehead atoms. The van der Waals surface area contributed by atoms with Crippen molar-refractivity contribution >= 4 is 11.6 Å². The summed E-state index contributed by atoms with van der Waals surface area (Å²) in [6.45, 7) is 0.168. The molecule has 1 atom stereocenters. The van der Waals surface area contributed by atoms with Gasteiger partial charge in [0.1, 0.15) is 18.3 Å². The highest BCUT2D eigenvalue weighted by Gasteiger charge is 2.21. The zero-order valence-electron chi connectivity index (χ0n) is 6.20. The number of nitrogens with two attached hydrogens (primary N) is 1. The SMILES string of the molecule is N[C@H]1COc2[nH]ncc2NC1=O. The molecule has 4 N–H and O–H groups in total. The van der Waals surface area contributed by atoms with Crippen molar-refractivity contribution < 1.29 is 9.53 Å². The van der Waals surface area contributed by atoms with E-state index in [1.54, 1.807) is 0 Å². The average molecular weight is 168 g/mol. The third kappa shape index (κ3) is 1.02. The van der Waals surface area contributed by atoms with Crippen molar-refractivity contribution in [2.45, 2.75) is 6.04 Å². The number of hydrogen-bond acceptors (Lipinski definition) is 4. The van der Waals surface area contributed by atoms with Crippen molar-refractivity contribution in [1.82, 2.24) is 10.2 Å². The van der Waals surface area contributed by atoms with Gasteiger partial charge in [0.2, 0.25) is 11.8 Å². The van der Waals surface area contributed by atoms with Crippen molar-refractivity contribution in [3.05, 3.63) is 6.20 Å². The minimum Gasteiger partial charge on any atom is -0.474 e. The van der Waals surface area contributed by atoms with Crippen molar-refractivity contribution in [3.8, 4) is 5.88 Å². The number of carbonyl (C=O) groups excluding carboxylic acids is 1. The third-order valence-electron chi connectivity index (χ3n) is 1.61. The van der Waals surface area contributed by atoms with Crippen LogP contribution in [0.3, 0.4) is 0 Å². The van der Waals surface area contributed by atoms with E-state index in [2.05, 4.69) is 15.5 Å². The van der Waals surface area contributed by atoms with Crippen LogP contribution in [0.5, 0.6) is 5.88 Å². The molecule has 0 saturated heterocycles. The maximum atomic E-state index is 11.1. The van der Waals surface area contributed by atoms with Gasteiger partial charge in [-0.05, 0) is 0 Å². The summed E-state index contributed by atoms with van der Waals surface area (Å²) in [5, 5.41) is 8.87. The maximum Gasteiger partial charge on any atom is 0.245 e. The highest BCUT2D eigenvalue weighted by atomic mass is 16.5. The smallest absolute Gasteiger partial charge is 0.245 e. The molecule has 1 aromatic rings. The summed E-state index contributed by atoms with van der Waals surface area (Å²) in [6.07, 6.45) is 1.48. The van der Waals surface area contributed by atoms with Crippen LogP contribution in [0.2, 0.25) is 0 Å². The van der Waals surface area contributed by atoms with Crippen molar-refractivity contribution in [1.29, 1.82) is 0 Å². The molecule has 12 heavy (non-hydrogen) atoms. The molecule has 2 heterocycles. The van der Waals surface area contributed by atoms with Crippen molar-refractivity contribution in [2.75, 3.05) is 11.9 Å². The van der Waals surface area contributed by atoms with E-state index >= 15 is 0 Å². The van der Waals surface area contributed by atoms with Gasteiger partial charge >= 0.3 is 0 Å². The number of H-pyrrole nitrogens is 1. The Kier molecular flexibility index (Phi) is 1.47. The fourth-order valence-electron chi connectivity index (χ4n) is 0.948. The van der Waals surface area contributed by atoms with Gasteiger partial charge in [0.25, 0.3) is 0 Å². The Morgan fingerprint density at radius 3 is 3.42 bits per heavy atom. The van der Waals surface area contributed by atoms with Crippen molar-refractivity contribution in [3.63, 3.8) is 0 Å². The molecule has 1 amide bonds. The van der Waals surface area contributed by atoms with Crippen LogP contribution >= 0.6 is 0 Å². The normalized spacial score (nSPS) is 22.1. The number of fused-ring (bicyclic) bond motifs is 1. The second-order valence-electron chi connectivity index (χ2n) is 2.52. The number of aromatic nitrogens is 2. The van der Waals surface area contributed by atoms with Crippen LogP contribution in [0.1, 0.15) is 0 Å². The highest BCUT2D eigenvalue weighted by molar-refractivity contribution is 5.96. The lowest BCUT2D eigenvalue weighted by Crippen LogP contribution is -2.38. The Labute approximate surface area is 68.1 Å². The number of carbonyl (C=O) groups is 1. The number of hydrogen-bond donors (Lipinski definition) is 3. The first-order valence-corrected chi connectivity index (χ1v) is 3.50. The summed E-state index contributed by atoms with van der Waals surface area (Å²) < 4.78 is 5.14. The lowest BCUT2D eigenvalue weighted by Gasteiger charge is -2.04. The fourth-order valence-corrected chi connectivity index (χ4v) is 0.948. The molecule has 6 heteroatoms. The van der Waals surface area contributed by atoms with Crippen LogP contribution in [-0.4, -0.2) is 28.8 Å². The number of nitrogens with one attached hydrogen (secondary N) is 2. The first kappa shape index (κ1) is 7.11. The molecule has 0 spiro atoms. The first-order valence-electron chi connectivity index (χ1n) is 3.50. The number of amides is 1. The van der Waals surface area contributed by atoms with Gasteiger partial charge in [0, 0.05) is 0 Å². The summed E-state index contributed by atoms with van der Waals surface area (Å²) >= 11 is 0. The number of aromatic amines is 1. The summed E-state index contributed by atoms with van der Waals surface area (Å²) in [7, 11) is 0. The Balaban J connectivity index is 2.30. The van der Waals surface area contributed by atoms with E-state index in [0.29, 0.717) is 11.6 Å². The number of nitrogens with zero attached hydrogens (tertiary/aromatic N) is 1. The van der Waals surface area contributed by atoms with Gasteiger partial charge in [-0.25, -0.2) is 5.10 Å². The molecule has 1 aliphatic rings. The lowest BCUT2D eigenvalue weighted by molar-refractivity contribution is -0.117. The molecule has 1 aliphatic heterocycles. The third-order valence-corrected chi connectivity index (χ3v) is 1.61. The Hall–Kier alpha value is -1.56. The van der Waals surface area contributed by atoms with Crippen LogP contribution in [0.25, 0.3) is 0 Å². The Morgan fingerprint density at radius 1 is 1.75 bits per heavy atom. The van der Waals surface area contributed by atoms with Gasteiger partial charge in [-0.1, -0.05) is 0 Å². The zero-order valence-corrected chi connectivity index (χ0v) is 6.20. The predicted octanol–water partition coefficient (Wildman–Crippen LogP) is -0.932. The Bertz CT molecular complexity index is 308. The predicted molar refractivity (Wildman–Crippen MR) is 40.7 cm³/mol. The molecule has 0 unspecified atom stereocenters. The van der Waals surface area contributed by atoms with E-state index in [9.17, 15) is 4.79 Å². The van der Waals surface area contributed by atoms with Crippen LogP contribution in [0.15, 0.2) is 6.20 Å². The topological polar surface area (TPSA) is 93.0 Å². The van der Waals surface area contributed by atoms with Gasteiger partial charge in [0.15, 0.2) is 0 Å². The largest absolute Gasteiger partial charge is 0.474 e. The molecule has 64 valence electrons. The molecule has 0 radical (unpaired) electrons. The molecule has 2 rings (SSSR count). The van der Waals surface area contributed by atoms with Gasteiger partial charge in [0.05, 0.1) is 6.20 Å². The molecule has 0 aromatic carbocycles. The van der Waals surface area contributed by atoms with E-state index in [1.807, 2.05) is 0 Å². The summed E-state index contributed by atoms with van der Waals surface area (Å²) in [5.74, 6) is 0.200. The second-order valence-corrected chi connectivity index (χ2v) is 2.52. The number of rotatable bonds is 0. The minimum absolute atomic E-state index is 0.168.